The van der Waals surface area contributed by atoms with Crippen molar-refractivity contribution in [3.8, 4) is 0 Å². The minimum Gasteiger partial charge on any atom is -0.396 e. The molecule has 0 aliphatic carbocycles. The van der Waals surface area contributed by atoms with Gasteiger partial charge in [0.1, 0.15) is 0 Å². The zero-order valence-electron chi connectivity index (χ0n) is 11.8. The molecule has 0 amide bonds. The van der Waals surface area contributed by atoms with Gasteiger partial charge in [-0.15, -0.1) is 0 Å². The van der Waals surface area contributed by atoms with Crippen molar-refractivity contribution < 1.29 is 4.39 Å². The lowest BCUT2D eigenvalue weighted by Gasteiger charge is -2.25. The van der Waals surface area contributed by atoms with E-state index in [1.165, 1.54) is 0 Å². The molecule has 0 spiro atoms. The van der Waals surface area contributed by atoms with Gasteiger partial charge in [0.2, 0.25) is 0 Å². The number of nitrogens with two attached hydrogens (primary N) is 1. The first-order chi connectivity index (χ1) is 9.72. The first-order valence-electron chi connectivity index (χ1n) is 7.05. The fraction of sp³-hybridized carbons (Fsp3) is 0.294. The first kappa shape index (κ1) is 14.4. The Balaban J connectivity index is 2.21. The van der Waals surface area contributed by atoms with E-state index in [4.69, 9.17) is 5.73 Å². The molecule has 0 atom stereocenters. The number of para-hydroxylation sites is 1. The Morgan fingerprint density at radius 3 is 2.50 bits per heavy atom. The molecule has 0 radical (unpaired) electrons. The number of rotatable bonds is 6. The van der Waals surface area contributed by atoms with Gasteiger partial charge in [-0.3, -0.25) is 0 Å². The van der Waals surface area contributed by atoms with Crippen LogP contribution in [-0.2, 0) is 6.54 Å². The Bertz CT molecular complexity index is 540. The van der Waals surface area contributed by atoms with Gasteiger partial charge in [-0.25, -0.2) is 4.39 Å². The number of unbranched alkanes of at least 4 members (excludes halogenated alkanes) is 1. The third-order valence-corrected chi connectivity index (χ3v) is 3.37. The van der Waals surface area contributed by atoms with Crippen LogP contribution in [0.1, 0.15) is 25.3 Å². The monoisotopic (exact) mass is 272 g/mol. The van der Waals surface area contributed by atoms with E-state index in [0.29, 0.717) is 12.1 Å². The summed E-state index contributed by atoms with van der Waals surface area (Å²) in [4.78, 5) is 2.20. The van der Waals surface area contributed by atoms with E-state index in [0.717, 1.165) is 25.1 Å². The lowest BCUT2D eigenvalue weighted by Crippen LogP contribution is -2.24. The van der Waals surface area contributed by atoms with E-state index in [1.807, 2.05) is 18.2 Å². The predicted molar refractivity (Wildman–Crippen MR) is 83.2 cm³/mol. The van der Waals surface area contributed by atoms with Crippen LogP contribution in [0.25, 0.3) is 0 Å². The van der Waals surface area contributed by atoms with E-state index in [2.05, 4.69) is 24.0 Å². The number of anilines is 2. The maximum Gasteiger partial charge on any atom is 0.151 e. The summed E-state index contributed by atoms with van der Waals surface area (Å²) in [6.45, 7) is 3.61. The molecule has 106 valence electrons. The van der Waals surface area contributed by atoms with Gasteiger partial charge < -0.3 is 10.6 Å². The van der Waals surface area contributed by atoms with Crippen molar-refractivity contribution in [1.29, 1.82) is 0 Å². The zero-order valence-corrected chi connectivity index (χ0v) is 11.8. The van der Waals surface area contributed by atoms with E-state index in [1.54, 1.807) is 18.2 Å². The van der Waals surface area contributed by atoms with E-state index >= 15 is 0 Å². The van der Waals surface area contributed by atoms with Crippen molar-refractivity contribution in [2.24, 2.45) is 0 Å². The van der Waals surface area contributed by atoms with Crippen LogP contribution in [0.15, 0.2) is 48.5 Å². The quantitative estimate of drug-likeness (QED) is 0.798. The fourth-order valence-corrected chi connectivity index (χ4v) is 2.21. The summed E-state index contributed by atoms with van der Waals surface area (Å²) in [6.07, 6.45) is 2.20. The summed E-state index contributed by atoms with van der Waals surface area (Å²) in [5, 5.41) is 0. The predicted octanol–water partition coefficient (Wildman–Crippen LogP) is 4.21. The Morgan fingerprint density at radius 1 is 1.05 bits per heavy atom. The zero-order chi connectivity index (χ0) is 14.4. The molecule has 20 heavy (non-hydrogen) atoms. The third-order valence-electron chi connectivity index (χ3n) is 3.37. The standard InChI is InChI=1S/C17H21FN2/c1-2-3-12-20(15-9-5-4-6-10-15)13-14-8-7-11-16(19)17(14)18/h4-11H,2-3,12-13,19H2,1H3. The van der Waals surface area contributed by atoms with Crippen LogP contribution in [0.4, 0.5) is 15.8 Å². The molecule has 2 N–H and O–H groups in total. The molecule has 0 fully saturated rings. The second-order valence-electron chi connectivity index (χ2n) is 4.93. The number of hydrogen-bond donors (Lipinski definition) is 1. The number of halogens is 1. The molecule has 2 nitrogen and oxygen atoms in total. The molecule has 0 aliphatic rings. The maximum absolute atomic E-state index is 14.0. The number of hydrogen-bond acceptors (Lipinski definition) is 2. The van der Waals surface area contributed by atoms with Crippen LogP contribution in [-0.4, -0.2) is 6.54 Å². The van der Waals surface area contributed by atoms with Crippen molar-refractivity contribution in [1.82, 2.24) is 0 Å². The largest absolute Gasteiger partial charge is 0.396 e. The Hall–Kier alpha value is -2.03. The molecule has 0 bridgehead atoms. The minimum atomic E-state index is -0.301. The van der Waals surface area contributed by atoms with Crippen molar-refractivity contribution >= 4 is 11.4 Å². The van der Waals surface area contributed by atoms with Gasteiger partial charge in [0.05, 0.1) is 5.69 Å². The molecule has 0 unspecified atom stereocenters. The van der Waals surface area contributed by atoms with Gasteiger partial charge >= 0.3 is 0 Å². The normalized spacial score (nSPS) is 10.5. The van der Waals surface area contributed by atoms with Crippen molar-refractivity contribution in [3.63, 3.8) is 0 Å². The fourth-order valence-electron chi connectivity index (χ4n) is 2.21. The van der Waals surface area contributed by atoms with Gasteiger partial charge in [0.25, 0.3) is 0 Å². The van der Waals surface area contributed by atoms with Crippen molar-refractivity contribution in [2.75, 3.05) is 17.2 Å². The summed E-state index contributed by atoms with van der Waals surface area (Å²) in [6, 6.07) is 15.3. The van der Waals surface area contributed by atoms with Crippen LogP contribution in [0.2, 0.25) is 0 Å². The molecule has 2 aromatic carbocycles. The topological polar surface area (TPSA) is 29.3 Å². The van der Waals surface area contributed by atoms with Crippen LogP contribution in [0.5, 0.6) is 0 Å². The smallest absolute Gasteiger partial charge is 0.151 e. The first-order valence-corrected chi connectivity index (χ1v) is 7.05. The second kappa shape index (κ2) is 6.94. The molecule has 0 saturated carbocycles. The maximum atomic E-state index is 14.0. The van der Waals surface area contributed by atoms with Crippen LogP contribution < -0.4 is 10.6 Å². The Kier molecular flexibility index (Phi) is 4.99. The summed E-state index contributed by atoms with van der Waals surface area (Å²) < 4.78 is 14.0. The molecule has 0 saturated heterocycles. The molecular weight excluding hydrogens is 251 g/mol. The molecule has 0 aliphatic heterocycles. The van der Waals surface area contributed by atoms with Gasteiger partial charge in [-0.05, 0) is 24.6 Å². The highest BCUT2D eigenvalue weighted by molar-refractivity contribution is 5.49. The van der Waals surface area contributed by atoms with Crippen LogP contribution in [0.3, 0.4) is 0 Å². The number of benzene rings is 2. The van der Waals surface area contributed by atoms with E-state index in [9.17, 15) is 4.39 Å². The average Bonchev–Trinajstić information content (AvgIpc) is 2.48. The summed E-state index contributed by atoms with van der Waals surface area (Å²) in [7, 11) is 0. The summed E-state index contributed by atoms with van der Waals surface area (Å²) >= 11 is 0. The highest BCUT2D eigenvalue weighted by Gasteiger charge is 2.11. The van der Waals surface area contributed by atoms with Crippen LogP contribution in [0, 0.1) is 5.82 Å². The van der Waals surface area contributed by atoms with Gasteiger partial charge in [-0.2, -0.15) is 0 Å². The number of nitrogen functional groups attached to an aromatic ring is 1. The average molecular weight is 272 g/mol. The molecule has 2 rings (SSSR count). The minimum absolute atomic E-state index is 0.214. The van der Waals surface area contributed by atoms with E-state index < -0.39 is 0 Å². The summed E-state index contributed by atoms with van der Waals surface area (Å²) in [5.74, 6) is -0.301. The molecular formula is C17H21FN2. The molecule has 0 heterocycles. The molecule has 0 aromatic heterocycles. The summed E-state index contributed by atoms with van der Waals surface area (Å²) in [5.41, 5.74) is 7.61. The molecule has 2 aromatic rings. The van der Waals surface area contributed by atoms with Gasteiger partial charge in [0, 0.05) is 24.3 Å². The number of nitrogens with zero attached hydrogens (tertiary/aromatic N) is 1. The highest BCUT2D eigenvalue weighted by Crippen LogP contribution is 2.21. The van der Waals surface area contributed by atoms with Gasteiger partial charge in [0.15, 0.2) is 5.82 Å². The Morgan fingerprint density at radius 2 is 1.80 bits per heavy atom. The van der Waals surface area contributed by atoms with Gasteiger partial charge in [-0.1, -0.05) is 43.7 Å². The second-order valence-corrected chi connectivity index (χ2v) is 4.93. The third kappa shape index (κ3) is 3.50. The SMILES string of the molecule is CCCCN(Cc1cccc(N)c1F)c1ccccc1. The van der Waals surface area contributed by atoms with Crippen LogP contribution >= 0.6 is 0 Å². The lowest BCUT2D eigenvalue weighted by molar-refractivity contribution is 0.605. The highest BCUT2D eigenvalue weighted by atomic mass is 19.1. The molecule has 3 heteroatoms. The lowest BCUT2D eigenvalue weighted by atomic mass is 10.1. The van der Waals surface area contributed by atoms with Crippen molar-refractivity contribution in [3.05, 3.63) is 59.9 Å². The van der Waals surface area contributed by atoms with Crippen molar-refractivity contribution in [2.45, 2.75) is 26.3 Å². The Labute approximate surface area is 120 Å². The van der Waals surface area contributed by atoms with E-state index in [-0.39, 0.29) is 11.5 Å².